The van der Waals surface area contributed by atoms with Crippen molar-refractivity contribution in [3.8, 4) is 5.69 Å². The average Bonchev–Trinajstić information content (AvgIpc) is 3.35. The van der Waals surface area contributed by atoms with Gasteiger partial charge in [-0.3, -0.25) is 4.57 Å². The van der Waals surface area contributed by atoms with Crippen LogP contribution in [0, 0.1) is 0 Å². The Bertz CT molecular complexity index is 931. The van der Waals surface area contributed by atoms with Gasteiger partial charge >= 0.3 is 0 Å². The highest BCUT2D eigenvalue weighted by Gasteiger charge is 2.26. The number of aryl methyl sites for hydroxylation is 1. The molecule has 0 amide bonds. The molecule has 0 atom stereocenters. The van der Waals surface area contributed by atoms with Gasteiger partial charge in [-0.15, -0.1) is 10.2 Å². The first-order valence-electron chi connectivity index (χ1n) is 7.97. The molecule has 3 aromatic rings. The maximum absolute atomic E-state index is 10.8. The Morgan fingerprint density at radius 1 is 1.17 bits per heavy atom. The molecule has 24 heavy (non-hydrogen) atoms. The van der Waals surface area contributed by atoms with Gasteiger partial charge in [0.25, 0.3) is 0 Å². The molecule has 0 bridgehead atoms. The number of carbonyl (C=O) groups is 1. The number of halogens is 1. The Morgan fingerprint density at radius 3 is 2.62 bits per heavy atom. The minimum absolute atomic E-state index is 0.0801. The average molecular weight is 385 g/mol. The largest absolute Gasteiger partial charge is 0.550 e. The summed E-state index contributed by atoms with van der Waals surface area (Å²) in [7, 11) is 0. The molecule has 1 saturated carbocycles. The highest BCUT2D eigenvalue weighted by atomic mass is 79.9. The molecular weight excluding hydrogens is 370 g/mol. The number of benzene rings is 2. The first-order valence-corrected chi connectivity index (χ1v) is 8.76. The lowest BCUT2D eigenvalue weighted by atomic mass is 9.99. The zero-order valence-electron chi connectivity index (χ0n) is 12.9. The lowest BCUT2D eigenvalue weighted by Crippen LogP contribution is -2.23. The smallest absolute Gasteiger partial charge is 0.204 e. The summed E-state index contributed by atoms with van der Waals surface area (Å²) in [6.07, 6.45) is 2.69. The topological polar surface area (TPSA) is 70.8 Å². The molecule has 1 aliphatic carbocycles. The quantitative estimate of drug-likeness (QED) is 0.677. The van der Waals surface area contributed by atoms with E-state index in [0.717, 1.165) is 11.1 Å². The monoisotopic (exact) mass is 384 g/mol. The summed E-state index contributed by atoms with van der Waals surface area (Å²) in [5.74, 6) is 0.177. The van der Waals surface area contributed by atoms with Gasteiger partial charge in [0.1, 0.15) is 5.82 Å². The second-order valence-corrected chi connectivity index (χ2v) is 6.80. The van der Waals surface area contributed by atoms with E-state index in [4.69, 9.17) is 0 Å². The molecule has 4 rings (SSSR count). The summed E-state index contributed by atoms with van der Waals surface area (Å²) in [5, 5.41) is 21.3. The molecule has 0 spiro atoms. The van der Waals surface area contributed by atoms with Gasteiger partial charge in [-0.2, -0.15) is 0 Å². The fourth-order valence-electron chi connectivity index (χ4n) is 3.16. The van der Waals surface area contributed by atoms with E-state index in [-0.39, 0.29) is 12.8 Å². The van der Waals surface area contributed by atoms with Gasteiger partial charge in [0.2, 0.25) is 4.73 Å². The van der Waals surface area contributed by atoms with E-state index < -0.39 is 5.97 Å². The molecule has 5 nitrogen and oxygen atoms in total. The van der Waals surface area contributed by atoms with Crippen LogP contribution in [0.25, 0.3) is 16.5 Å². The van der Waals surface area contributed by atoms with E-state index in [1.54, 1.807) is 0 Å². The summed E-state index contributed by atoms with van der Waals surface area (Å²) < 4.78 is 2.45. The van der Waals surface area contributed by atoms with E-state index >= 15 is 0 Å². The number of hydrogen-bond acceptors (Lipinski definition) is 4. The lowest BCUT2D eigenvalue weighted by Gasteiger charge is -2.14. The van der Waals surface area contributed by atoms with Crippen LogP contribution in [0.15, 0.2) is 41.1 Å². The van der Waals surface area contributed by atoms with Crippen molar-refractivity contribution in [3.63, 3.8) is 0 Å². The number of carbonyl (C=O) groups excluding carboxylic acids is 1. The van der Waals surface area contributed by atoms with Gasteiger partial charge < -0.3 is 9.90 Å². The first-order chi connectivity index (χ1) is 11.6. The van der Waals surface area contributed by atoms with Crippen LogP contribution in [-0.4, -0.2) is 20.7 Å². The summed E-state index contributed by atoms with van der Waals surface area (Å²) in [6.45, 7) is 0. The maximum atomic E-state index is 10.8. The normalized spacial score (nSPS) is 14.2. The van der Waals surface area contributed by atoms with Crippen LogP contribution < -0.4 is 5.11 Å². The molecule has 0 radical (unpaired) electrons. The van der Waals surface area contributed by atoms with Gasteiger partial charge in [-0.1, -0.05) is 30.3 Å². The zero-order valence-corrected chi connectivity index (χ0v) is 14.5. The Kier molecular flexibility index (Phi) is 3.84. The molecule has 122 valence electrons. The summed E-state index contributed by atoms with van der Waals surface area (Å²) in [5.41, 5.74) is 2.34. The molecule has 0 saturated heterocycles. The van der Waals surface area contributed by atoms with Crippen LogP contribution >= 0.6 is 15.9 Å². The molecule has 0 aliphatic heterocycles. The van der Waals surface area contributed by atoms with Gasteiger partial charge in [-0.05, 0) is 58.1 Å². The summed E-state index contributed by atoms with van der Waals surface area (Å²) in [4.78, 5) is 10.8. The predicted molar refractivity (Wildman–Crippen MR) is 91.9 cm³/mol. The maximum Gasteiger partial charge on any atom is 0.204 e. The van der Waals surface area contributed by atoms with Crippen molar-refractivity contribution >= 4 is 32.7 Å². The number of fused-ring (bicyclic) bond motifs is 1. The molecule has 1 aliphatic rings. The van der Waals surface area contributed by atoms with Crippen LogP contribution in [0.2, 0.25) is 0 Å². The molecule has 0 unspecified atom stereocenters. The van der Waals surface area contributed by atoms with Crippen LogP contribution in [0.1, 0.15) is 36.6 Å². The first kappa shape index (κ1) is 15.3. The second-order valence-electron chi connectivity index (χ2n) is 6.09. The van der Waals surface area contributed by atoms with Crippen LogP contribution in [0.3, 0.4) is 0 Å². The molecule has 1 fully saturated rings. The van der Waals surface area contributed by atoms with Crippen molar-refractivity contribution in [3.05, 3.63) is 52.5 Å². The minimum Gasteiger partial charge on any atom is -0.550 e. The van der Waals surface area contributed by atoms with Gasteiger partial charge in [0.05, 0.1) is 5.69 Å². The van der Waals surface area contributed by atoms with E-state index in [9.17, 15) is 9.90 Å². The number of hydrogen-bond donors (Lipinski definition) is 0. The Labute approximate surface area is 147 Å². The zero-order chi connectivity index (χ0) is 16.7. The van der Waals surface area contributed by atoms with Crippen molar-refractivity contribution in [2.45, 2.75) is 31.6 Å². The molecular formula is C18H15BrN3O2-. The number of carboxylic acids is 1. The van der Waals surface area contributed by atoms with Gasteiger partial charge in [0.15, 0.2) is 0 Å². The SMILES string of the molecule is O=C([O-])CCc1nnc(Br)n1-c1ccc(C2CC2)c2ccccc12. The number of nitrogens with zero attached hydrogens (tertiary/aromatic N) is 3. The van der Waals surface area contributed by atoms with Crippen LogP contribution in [-0.2, 0) is 11.2 Å². The van der Waals surface area contributed by atoms with Crippen molar-refractivity contribution in [2.75, 3.05) is 0 Å². The van der Waals surface area contributed by atoms with Gasteiger partial charge in [-0.25, -0.2) is 0 Å². The molecule has 1 aromatic heterocycles. The minimum atomic E-state index is -1.09. The highest BCUT2D eigenvalue weighted by molar-refractivity contribution is 9.10. The van der Waals surface area contributed by atoms with Crippen molar-refractivity contribution in [1.82, 2.24) is 14.8 Å². The number of aromatic nitrogens is 3. The lowest BCUT2D eigenvalue weighted by molar-refractivity contribution is -0.305. The molecule has 1 heterocycles. The third-order valence-electron chi connectivity index (χ3n) is 4.44. The summed E-state index contributed by atoms with van der Waals surface area (Å²) >= 11 is 3.43. The summed E-state index contributed by atoms with van der Waals surface area (Å²) in [6, 6.07) is 12.5. The predicted octanol–water partition coefficient (Wildman–Crippen LogP) is 2.74. The number of aliphatic carboxylic acids is 1. The van der Waals surface area contributed by atoms with Crippen molar-refractivity contribution in [1.29, 1.82) is 0 Å². The Balaban J connectivity index is 1.87. The standard InChI is InChI=1S/C18H16BrN3O2/c19-18-21-20-16(9-10-17(23)24)22(18)15-8-7-12(11-5-6-11)13-3-1-2-4-14(13)15/h1-4,7-8,11H,5-6,9-10H2,(H,23,24)/p-1. The van der Waals surface area contributed by atoms with E-state index in [2.05, 4.69) is 56.5 Å². The highest BCUT2D eigenvalue weighted by Crippen LogP contribution is 2.44. The Hall–Kier alpha value is -2.21. The third-order valence-corrected chi connectivity index (χ3v) is 4.95. The number of carboxylic acid groups (broad SMARTS) is 1. The fraction of sp³-hybridized carbons (Fsp3) is 0.278. The number of rotatable bonds is 5. The molecule has 2 aromatic carbocycles. The van der Waals surface area contributed by atoms with Crippen LogP contribution in [0.5, 0.6) is 0 Å². The third kappa shape index (κ3) is 2.71. The Morgan fingerprint density at radius 2 is 1.92 bits per heavy atom. The molecule has 0 N–H and O–H groups in total. The van der Waals surface area contributed by atoms with E-state index in [1.165, 1.54) is 23.8 Å². The van der Waals surface area contributed by atoms with E-state index in [1.807, 2.05) is 10.6 Å². The fourth-order valence-corrected chi connectivity index (χ4v) is 3.64. The van der Waals surface area contributed by atoms with Crippen molar-refractivity contribution < 1.29 is 9.90 Å². The molecule has 6 heteroatoms. The second kappa shape index (κ2) is 6.02. The van der Waals surface area contributed by atoms with Crippen molar-refractivity contribution in [2.24, 2.45) is 0 Å². The van der Waals surface area contributed by atoms with Gasteiger partial charge in [0, 0.05) is 17.8 Å². The van der Waals surface area contributed by atoms with Crippen LogP contribution in [0.4, 0.5) is 0 Å². The van der Waals surface area contributed by atoms with E-state index in [0.29, 0.717) is 16.5 Å².